The Labute approximate surface area is 93.3 Å². The van der Waals surface area contributed by atoms with Gasteiger partial charge < -0.3 is 0 Å². The van der Waals surface area contributed by atoms with Gasteiger partial charge in [-0.25, -0.2) is 0 Å². The molecule has 84 valence electrons. The summed E-state index contributed by atoms with van der Waals surface area (Å²) >= 11 is 0. The molecule has 1 heteroatoms. The van der Waals surface area contributed by atoms with E-state index in [0.717, 1.165) is 18.4 Å². The molecule has 0 N–H and O–H groups in total. The van der Waals surface area contributed by atoms with Crippen molar-refractivity contribution in [2.45, 2.75) is 40.5 Å². The van der Waals surface area contributed by atoms with Gasteiger partial charge in [0.25, 0.3) is 0 Å². The van der Waals surface area contributed by atoms with Crippen molar-refractivity contribution in [2.24, 2.45) is 17.3 Å². The van der Waals surface area contributed by atoms with Crippen LogP contribution in [0, 0.1) is 17.3 Å². The quantitative estimate of drug-likeness (QED) is 0.629. The van der Waals surface area contributed by atoms with E-state index in [1.165, 1.54) is 0 Å². The summed E-state index contributed by atoms with van der Waals surface area (Å²) in [4.78, 5) is 11.7. The number of allylic oxidation sites excluding steroid dienone is 3. The molecule has 2 atom stereocenters. The lowest BCUT2D eigenvalue weighted by molar-refractivity contribution is -0.119. The second-order valence-electron chi connectivity index (χ2n) is 5.83. The summed E-state index contributed by atoms with van der Waals surface area (Å²) in [6.45, 7) is 12.6. The molecular formula is C14H22O. The van der Waals surface area contributed by atoms with E-state index >= 15 is 0 Å². The Balaban J connectivity index is 2.74. The van der Waals surface area contributed by atoms with E-state index in [-0.39, 0.29) is 17.1 Å². The molecule has 0 unspecified atom stereocenters. The second-order valence-corrected chi connectivity index (χ2v) is 5.83. The molecule has 0 heterocycles. The van der Waals surface area contributed by atoms with E-state index in [1.54, 1.807) is 6.08 Å². The molecular weight excluding hydrogens is 184 g/mol. The molecule has 0 bridgehead atoms. The molecule has 0 aliphatic heterocycles. The minimum absolute atomic E-state index is 0.164. The highest BCUT2D eigenvalue weighted by molar-refractivity contribution is 5.92. The smallest absolute Gasteiger partial charge is 0.158 e. The van der Waals surface area contributed by atoms with Gasteiger partial charge in [0.2, 0.25) is 0 Å². The maximum Gasteiger partial charge on any atom is 0.158 e. The molecule has 0 fully saturated rings. The summed E-state index contributed by atoms with van der Waals surface area (Å²) in [6.07, 6.45) is 5.67. The summed E-state index contributed by atoms with van der Waals surface area (Å²) in [7, 11) is 0. The molecule has 0 aromatic heterocycles. The number of carbonyl (C=O) groups is 1. The molecule has 1 rings (SSSR count). The van der Waals surface area contributed by atoms with Crippen molar-refractivity contribution in [3.63, 3.8) is 0 Å². The first-order valence-electron chi connectivity index (χ1n) is 5.67. The molecule has 0 aromatic carbocycles. The third kappa shape index (κ3) is 3.33. The topological polar surface area (TPSA) is 17.1 Å². The summed E-state index contributed by atoms with van der Waals surface area (Å²) in [6, 6.07) is 0. The number of hydrogen-bond donors (Lipinski definition) is 0. The van der Waals surface area contributed by atoms with Gasteiger partial charge in [-0.05, 0) is 37.2 Å². The first kappa shape index (κ1) is 12.2. The zero-order valence-corrected chi connectivity index (χ0v) is 10.3. The predicted molar refractivity (Wildman–Crippen MR) is 64.6 cm³/mol. The molecule has 0 aromatic rings. The van der Waals surface area contributed by atoms with Gasteiger partial charge in [0, 0.05) is 5.92 Å². The van der Waals surface area contributed by atoms with Crippen LogP contribution in [0.4, 0.5) is 0 Å². The SMILES string of the molecule is C=C(C)C[C@@H]1C[C@@H](C(C)(C)C)C=CC1=O. The highest BCUT2D eigenvalue weighted by atomic mass is 16.1. The van der Waals surface area contributed by atoms with E-state index in [4.69, 9.17) is 0 Å². The van der Waals surface area contributed by atoms with Crippen LogP contribution in [-0.2, 0) is 4.79 Å². The molecule has 1 nitrogen and oxygen atoms in total. The summed E-state index contributed by atoms with van der Waals surface area (Å²) in [5.74, 6) is 0.953. The number of hydrogen-bond acceptors (Lipinski definition) is 1. The van der Waals surface area contributed by atoms with E-state index < -0.39 is 0 Å². The number of carbonyl (C=O) groups excluding carboxylic acids is 1. The highest BCUT2D eigenvalue weighted by Gasteiger charge is 2.31. The third-order valence-electron chi connectivity index (χ3n) is 3.14. The Morgan fingerprint density at radius 2 is 2.13 bits per heavy atom. The number of ketones is 1. The van der Waals surface area contributed by atoms with Crippen molar-refractivity contribution in [1.29, 1.82) is 0 Å². The predicted octanol–water partition coefficient (Wildman–Crippen LogP) is 3.76. The lowest BCUT2D eigenvalue weighted by Crippen LogP contribution is -2.28. The Kier molecular flexibility index (Phi) is 3.54. The summed E-state index contributed by atoms with van der Waals surface area (Å²) in [5.41, 5.74) is 1.36. The molecule has 1 aliphatic carbocycles. The second kappa shape index (κ2) is 4.34. The van der Waals surface area contributed by atoms with Crippen LogP contribution in [-0.4, -0.2) is 5.78 Å². The minimum atomic E-state index is 0.164. The van der Waals surface area contributed by atoms with Crippen LogP contribution in [0.1, 0.15) is 40.5 Å². The maximum absolute atomic E-state index is 11.7. The van der Waals surface area contributed by atoms with Crippen LogP contribution in [0.5, 0.6) is 0 Å². The van der Waals surface area contributed by atoms with E-state index in [2.05, 4.69) is 33.4 Å². The average molecular weight is 206 g/mol. The van der Waals surface area contributed by atoms with Crippen molar-refractivity contribution >= 4 is 5.78 Å². The Hall–Kier alpha value is -0.850. The van der Waals surface area contributed by atoms with Crippen molar-refractivity contribution in [3.05, 3.63) is 24.3 Å². The number of rotatable bonds is 2. The van der Waals surface area contributed by atoms with Crippen LogP contribution < -0.4 is 0 Å². The van der Waals surface area contributed by atoms with Gasteiger partial charge in [0.05, 0.1) is 0 Å². The molecule has 15 heavy (non-hydrogen) atoms. The lowest BCUT2D eigenvalue weighted by atomic mass is 9.71. The third-order valence-corrected chi connectivity index (χ3v) is 3.14. The van der Waals surface area contributed by atoms with Crippen LogP contribution in [0.2, 0.25) is 0 Å². The summed E-state index contributed by atoms with van der Waals surface area (Å²) < 4.78 is 0. The van der Waals surface area contributed by atoms with E-state index in [0.29, 0.717) is 5.92 Å². The van der Waals surface area contributed by atoms with Crippen molar-refractivity contribution in [3.8, 4) is 0 Å². The van der Waals surface area contributed by atoms with Crippen LogP contribution in [0.3, 0.4) is 0 Å². The molecule has 1 aliphatic rings. The fourth-order valence-corrected chi connectivity index (χ4v) is 2.10. The zero-order chi connectivity index (χ0) is 11.6. The van der Waals surface area contributed by atoms with Gasteiger partial charge >= 0.3 is 0 Å². The Morgan fingerprint density at radius 1 is 1.53 bits per heavy atom. The largest absolute Gasteiger partial charge is 0.295 e. The average Bonchev–Trinajstić information content (AvgIpc) is 2.06. The molecule has 0 saturated carbocycles. The molecule has 0 radical (unpaired) electrons. The highest BCUT2D eigenvalue weighted by Crippen LogP contribution is 2.37. The minimum Gasteiger partial charge on any atom is -0.295 e. The zero-order valence-electron chi connectivity index (χ0n) is 10.3. The summed E-state index contributed by atoms with van der Waals surface area (Å²) in [5, 5.41) is 0. The molecule has 0 spiro atoms. The lowest BCUT2D eigenvalue weighted by Gasteiger charge is -2.33. The van der Waals surface area contributed by atoms with Crippen LogP contribution in [0.15, 0.2) is 24.3 Å². The first-order valence-corrected chi connectivity index (χ1v) is 5.67. The standard InChI is InChI=1S/C14H22O/c1-10(2)8-11-9-12(14(3,4)5)6-7-13(11)15/h6-7,11-12H,1,8-9H2,2-5H3/t11-,12+/m1/s1. The van der Waals surface area contributed by atoms with Gasteiger partial charge in [-0.2, -0.15) is 0 Å². The van der Waals surface area contributed by atoms with Crippen molar-refractivity contribution in [2.75, 3.05) is 0 Å². The maximum atomic E-state index is 11.7. The van der Waals surface area contributed by atoms with Gasteiger partial charge in [0.15, 0.2) is 5.78 Å². The molecule has 0 saturated heterocycles. The van der Waals surface area contributed by atoms with Crippen LogP contribution >= 0.6 is 0 Å². The van der Waals surface area contributed by atoms with Crippen molar-refractivity contribution in [1.82, 2.24) is 0 Å². The van der Waals surface area contributed by atoms with E-state index in [1.807, 2.05) is 6.92 Å². The molecule has 0 amide bonds. The van der Waals surface area contributed by atoms with Gasteiger partial charge in [-0.3, -0.25) is 4.79 Å². The van der Waals surface area contributed by atoms with Gasteiger partial charge in [0.1, 0.15) is 0 Å². The first-order chi connectivity index (χ1) is 6.80. The Morgan fingerprint density at radius 3 is 2.60 bits per heavy atom. The van der Waals surface area contributed by atoms with Crippen LogP contribution in [0.25, 0.3) is 0 Å². The monoisotopic (exact) mass is 206 g/mol. The fourth-order valence-electron chi connectivity index (χ4n) is 2.10. The van der Waals surface area contributed by atoms with E-state index in [9.17, 15) is 4.79 Å². The van der Waals surface area contributed by atoms with Crippen molar-refractivity contribution < 1.29 is 4.79 Å². The van der Waals surface area contributed by atoms with Gasteiger partial charge in [-0.1, -0.05) is 32.4 Å². The van der Waals surface area contributed by atoms with Gasteiger partial charge in [-0.15, -0.1) is 6.58 Å². The Bertz CT molecular complexity index is 291. The normalized spacial score (nSPS) is 26.8. The fraction of sp³-hybridized carbons (Fsp3) is 0.643.